The molecule has 0 aliphatic carbocycles. The SMILES string of the molecule is CC(C)(C)OC(=O)N(C(=O)OCc1ccccc1)[C@H](CCCCN)C(=O)O. The number of rotatable bonds is 8. The highest BCUT2D eigenvalue weighted by atomic mass is 16.6. The van der Waals surface area contributed by atoms with E-state index in [9.17, 15) is 19.5 Å². The minimum atomic E-state index is -1.39. The van der Waals surface area contributed by atoms with E-state index in [0.29, 0.717) is 29.8 Å². The molecule has 3 N–H and O–H groups in total. The molecule has 1 aromatic rings. The lowest BCUT2D eigenvalue weighted by atomic mass is 10.1. The average molecular weight is 380 g/mol. The first-order valence-electron chi connectivity index (χ1n) is 8.81. The van der Waals surface area contributed by atoms with E-state index in [-0.39, 0.29) is 13.0 Å². The second-order valence-electron chi connectivity index (χ2n) is 7.03. The number of ether oxygens (including phenoxy) is 2. The lowest BCUT2D eigenvalue weighted by Crippen LogP contribution is -2.50. The Labute approximate surface area is 159 Å². The quantitative estimate of drug-likeness (QED) is 0.665. The highest BCUT2D eigenvalue weighted by molar-refractivity contribution is 5.93. The predicted octanol–water partition coefficient (Wildman–Crippen LogP) is 3.14. The first kappa shape index (κ1) is 22.4. The Kier molecular flexibility index (Phi) is 8.74. The van der Waals surface area contributed by atoms with Gasteiger partial charge in [0.1, 0.15) is 18.2 Å². The van der Waals surface area contributed by atoms with Crippen molar-refractivity contribution in [3.05, 3.63) is 35.9 Å². The number of aliphatic carboxylic acids is 1. The normalized spacial score (nSPS) is 12.1. The van der Waals surface area contributed by atoms with Crippen LogP contribution in [-0.2, 0) is 20.9 Å². The first-order chi connectivity index (χ1) is 12.7. The van der Waals surface area contributed by atoms with Gasteiger partial charge in [-0.2, -0.15) is 4.90 Å². The second kappa shape index (κ2) is 10.5. The number of carboxylic acid groups (broad SMARTS) is 1. The van der Waals surface area contributed by atoms with E-state index in [1.807, 2.05) is 6.07 Å². The number of carbonyl (C=O) groups is 3. The molecule has 0 heterocycles. The molecule has 2 amide bonds. The number of imide groups is 1. The molecule has 0 aliphatic heterocycles. The first-order valence-corrected chi connectivity index (χ1v) is 8.81. The smallest absolute Gasteiger partial charge is 0.420 e. The van der Waals surface area contributed by atoms with Gasteiger partial charge in [0, 0.05) is 0 Å². The van der Waals surface area contributed by atoms with Crippen molar-refractivity contribution < 1.29 is 29.0 Å². The summed E-state index contributed by atoms with van der Waals surface area (Å²) in [6.45, 7) is 5.18. The third kappa shape index (κ3) is 8.08. The van der Waals surface area contributed by atoms with Gasteiger partial charge in [-0.15, -0.1) is 0 Å². The van der Waals surface area contributed by atoms with E-state index >= 15 is 0 Å². The van der Waals surface area contributed by atoms with Gasteiger partial charge in [-0.25, -0.2) is 14.4 Å². The lowest BCUT2D eigenvalue weighted by molar-refractivity contribution is -0.143. The third-order valence-electron chi connectivity index (χ3n) is 3.52. The highest BCUT2D eigenvalue weighted by Gasteiger charge is 2.38. The number of nitrogens with zero attached hydrogens (tertiary/aromatic N) is 1. The van der Waals surface area contributed by atoms with Crippen molar-refractivity contribution in [3.63, 3.8) is 0 Å². The monoisotopic (exact) mass is 380 g/mol. The van der Waals surface area contributed by atoms with E-state index in [2.05, 4.69) is 0 Å². The molecule has 1 aromatic carbocycles. The molecule has 8 heteroatoms. The number of benzene rings is 1. The summed E-state index contributed by atoms with van der Waals surface area (Å²) >= 11 is 0. The number of carboxylic acids is 1. The number of unbranched alkanes of at least 4 members (excludes halogenated alkanes) is 1. The van der Waals surface area contributed by atoms with Crippen LogP contribution in [0.4, 0.5) is 9.59 Å². The van der Waals surface area contributed by atoms with E-state index in [0.717, 1.165) is 0 Å². The van der Waals surface area contributed by atoms with Crippen molar-refractivity contribution in [2.24, 2.45) is 5.73 Å². The fraction of sp³-hybridized carbons (Fsp3) is 0.526. The van der Waals surface area contributed by atoms with Crippen LogP contribution in [0.1, 0.15) is 45.6 Å². The number of hydrogen-bond acceptors (Lipinski definition) is 6. The van der Waals surface area contributed by atoms with Gasteiger partial charge >= 0.3 is 18.2 Å². The van der Waals surface area contributed by atoms with Gasteiger partial charge in [0.25, 0.3) is 0 Å². The van der Waals surface area contributed by atoms with Crippen molar-refractivity contribution in [1.82, 2.24) is 4.90 Å². The summed E-state index contributed by atoms with van der Waals surface area (Å²) in [6.07, 6.45) is -1.04. The summed E-state index contributed by atoms with van der Waals surface area (Å²) < 4.78 is 10.4. The summed E-state index contributed by atoms with van der Waals surface area (Å²) in [5.74, 6) is -1.31. The van der Waals surface area contributed by atoms with Crippen LogP contribution >= 0.6 is 0 Å². The van der Waals surface area contributed by atoms with Crippen molar-refractivity contribution in [2.75, 3.05) is 6.54 Å². The maximum absolute atomic E-state index is 12.5. The Bertz CT molecular complexity index is 627. The van der Waals surface area contributed by atoms with Crippen molar-refractivity contribution in [1.29, 1.82) is 0 Å². The third-order valence-corrected chi connectivity index (χ3v) is 3.52. The molecule has 150 valence electrons. The molecule has 0 aliphatic rings. The Morgan fingerprint density at radius 1 is 1.11 bits per heavy atom. The Morgan fingerprint density at radius 2 is 1.74 bits per heavy atom. The summed E-state index contributed by atoms with van der Waals surface area (Å²) in [5.41, 5.74) is 5.26. The van der Waals surface area contributed by atoms with Crippen LogP contribution in [-0.4, -0.2) is 46.3 Å². The predicted molar refractivity (Wildman–Crippen MR) is 99.0 cm³/mol. The molecule has 1 atom stereocenters. The van der Waals surface area contributed by atoms with Crippen LogP contribution in [0.5, 0.6) is 0 Å². The number of nitrogens with two attached hydrogens (primary N) is 1. The zero-order valence-corrected chi connectivity index (χ0v) is 16.0. The lowest BCUT2D eigenvalue weighted by Gasteiger charge is -2.29. The van der Waals surface area contributed by atoms with Crippen molar-refractivity contribution >= 4 is 18.2 Å². The Hall–Kier alpha value is -2.61. The molecule has 0 bridgehead atoms. The average Bonchev–Trinajstić information content (AvgIpc) is 2.58. The zero-order chi connectivity index (χ0) is 20.4. The van der Waals surface area contributed by atoms with Gasteiger partial charge in [-0.05, 0) is 52.1 Å². The van der Waals surface area contributed by atoms with Gasteiger partial charge in [-0.1, -0.05) is 30.3 Å². The highest BCUT2D eigenvalue weighted by Crippen LogP contribution is 2.17. The molecular weight excluding hydrogens is 352 g/mol. The largest absolute Gasteiger partial charge is 0.480 e. The minimum absolute atomic E-state index is 0.0617. The standard InChI is InChI=1S/C19H28N2O6/c1-19(2,3)27-18(25)21(15(16(22)23)11-7-8-12-20)17(24)26-13-14-9-5-4-6-10-14/h4-6,9-10,15H,7-8,11-13,20H2,1-3H3,(H,22,23)/t15-/m1/s1. The van der Waals surface area contributed by atoms with Gasteiger partial charge < -0.3 is 20.3 Å². The van der Waals surface area contributed by atoms with Gasteiger partial charge in [0.05, 0.1) is 0 Å². The van der Waals surface area contributed by atoms with Crippen LogP contribution in [0, 0.1) is 0 Å². The number of hydrogen-bond donors (Lipinski definition) is 2. The molecule has 0 aromatic heterocycles. The molecule has 0 radical (unpaired) electrons. The fourth-order valence-corrected chi connectivity index (χ4v) is 2.27. The van der Waals surface area contributed by atoms with E-state index in [1.54, 1.807) is 45.0 Å². The molecule has 0 saturated heterocycles. The summed E-state index contributed by atoms with van der Waals surface area (Å²) in [4.78, 5) is 37.3. The summed E-state index contributed by atoms with van der Waals surface area (Å²) in [6, 6.07) is 7.48. The molecule has 8 nitrogen and oxygen atoms in total. The maximum atomic E-state index is 12.5. The Balaban J connectivity index is 2.97. The summed E-state index contributed by atoms with van der Waals surface area (Å²) in [7, 11) is 0. The maximum Gasteiger partial charge on any atom is 0.420 e. The van der Waals surface area contributed by atoms with E-state index in [1.165, 1.54) is 0 Å². The van der Waals surface area contributed by atoms with Crippen molar-refractivity contribution in [3.8, 4) is 0 Å². The second-order valence-corrected chi connectivity index (χ2v) is 7.03. The molecule has 1 rings (SSSR count). The minimum Gasteiger partial charge on any atom is -0.480 e. The molecule has 0 fully saturated rings. The number of amides is 2. The molecule has 0 saturated carbocycles. The zero-order valence-electron chi connectivity index (χ0n) is 16.0. The Morgan fingerprint density at radius 3 is 2.26 bits per heavy atom. The van der Waals surface area contributed by atoms with Crippen LogP contribution in [0.3, 0.4) is 0 Å². The van der Waals surface area contributed by atoms with Crippen molar-refractivity contribution in [2.45, 2.75) is 58.3 Å². The summed E-state index contributed by atoms with van der Waals surface area (Å²) in [5, 5.41) is 9.54. The molecule has 27 heavy (non-hydrogen) atoms. The van der Waals surface area contributed by atoms with Crippen LogP contribution in [0.15, 0.2) is 30.3 Å². The van der Waals surface area contributed by atoms with Crippen LogP contribution < -0.4 is 5.73 Å². The van der Waals surface area contributed by atoms with E-state index < -0.39 is 29.8 Å². The van der Waals surface area contributed by atoms with Gasteiger partial charge in [0.15, 0.2) is 0 Å². The molecule has 0 spiro atoms. The van der Waals surface area contributed by atoms with Gasteiger partial charge in [0.2, 0.25) is 0 Å². The fourth-order valence-electron chi connectivity index (χ4n) is 2.27. The van der Waals surface area contributed by atoms with Crippen LogP contribution in [0.25, 0.3) is 0 Å². The van der Waals surface area contributed by atoms with Crippen LogP contribution in [0.2, 0.25) is 0 Å². The topological polar surface area (TPSA) is 119 Å². The molecular formula is C19H28N2O6. The molecule has 0 unspecified atom stereocenters. The number of carbonyl (C=O) groups excluding carboxylic acids is 2. The van der Waals surface area contributed by atoms with E-state index in [4.69, 9.17) is 15.2 Å². The van der Waals surface area contributed by atoms with Gasteiger partial charge in [-0.3, -0.25) is 0 Å².